The second-order valence-electron chi connectivity index (χ2n) is 7.71. The van der Waals surface area contributed by atoms with E-state index >= 15 is 0 Å². The first-order valence-electron chi connectivity index (χ1n) is 10.6. The first-order chi connectivity index (χ1) is 15.5. The van der Waals surface area contributed by atoms with Crippen molar-refractivity contribution in [1.29, 1.82) is 5.41 Å². The van der Waals surface area contributed by atoms with E-state index in [1.807, 2.05) is 13.1 Å². The van der Waals surface area contributed by atoms with Crippen LogP contribution in [0.3, 0.4) is 0 Å². The number of aromatic nitrogens is 1. The molecule has 0 spiro atoms. The molecule has 1 fully saturated rings. The van der Waals surface area contributed by atoms with Gasteiger partial charge < -0.3 is 20.9 Å². The third-order valence-corrected chi connectivity index (χ3v) is 5.42. The number of rotatable bonds is 8. The van der Waals surface area contributed by atoms with Gasteiger partial charge in [0.05, 0.1) is 13.7 Å². The van der Waals surface area contributed by atoms with Crippen LogP contribution in [-0.4, -0.2) is 48.9 Å². The number of pyridine rings is 1. The van der Waals surface area contributed by atoms with Crippen LogP contribution < -0.4 is 20.7 Å². The number of hydrogen-bond donors (Lipinski definition) is 4. The molecule has 0 saturated heterocycles. The second kappa shape index (κ2) is 10.8. The van der Waals surface area contributed by atoms with Gasteiger partial charge in [0.15, 0.2) is 5.84 Å². The number of methoxy groups -OCH3 is 1. The van der Waals surface area contributed by atoms with E-state index in [0.29, 0.717) is 42.5 Å². The molecule has 1 aliphatic carbocycles. The Kier molecular flexibility index (Phi) is 7.91. The normalized spacial score (nSPS) is 15.2. The first kappa shape index (κ1) is 23.4. The number of nitrogens with zero attached hydrogens (tertiary/aromatic N) is 3. The fraction of sp³-hybridized carbons (Fsp3) is 0.391. The molecule has 4 rings (SSSR count). The zero-order chi connectivity index (χ0) is 23.1. The van der Waals surface area contributed by atoms with E-state index in [-0.39, 0.29) is 11.7 Å². The molecule has 2 aromatic rings. The van der Waals surface area contributed by atoms with E-state index in [1.165, 1.54) is 12.8 Å². The summed E-state index contributed by atoms with van der Waals surface area (Å²) < 4.78 is 5.33. The van der Waals surface area contributed by atoms with Crippen LogP contribution in [-0.2, 0) is 13.1 Å². The van der Waals surface area contributed by atoms with E-state index in [4.69, 9.17) is 21.0 Å². The molecule has 9 nitrogen and oxygen atoms in total. The number of amidine groups is 1. The fourth-order valence-electron chi connectivity index (χ4n) is 3.55. The largest absolute Gasteiger partial charge is 0.497 e. The van der Waals surface area contributed by atoms with Crippen molar-refractivity contribution in [2.75, 3.05) is 25.7 Å². The molecule has 1 saturated carbocycles. The molecule has 170 valence electrons. The van der Waals surface area contributed by atoms with Gasteiger partial charge in [-0.2, -0.15) is 0 Å². The highest BCUT2D eigenvalue weighted by atomic mass is 16.5. The molecule has 1 aromatic carbocycles. The Bertz CT molecular complexity index is 1000. The van der Waals surface area contributed by atoms with E-state index in [2.05, 4.69) is 15.3 Å². The second-order valence-corrected chi connectivity index (χ2v) is 7.71. The van der Waals surface area contributed by atoms with E-state index in [9.17, 15) is 4.79 Å². The number of nitrogens with two attached hydrogens (primary N) is 1. The van der Waals surface area contributed by atoms with Gasteiger partial charge in [-0.15, -0.1) is 0 Å². The van der Waals surface area contributed by atoms with E-state index in [0.717, 1.165) is 29.8 Å². The Labute approximate surface area is 187 Å². The topological polar surface area (TPSA) is 137 Å². The summed E-state index contributed by atoms with van der Waals surface area (Å²) in [6.45, 7) is 1.45. The predicted octanol–water partition coefficient (Wildman–Crippen LogP) is 2.06. The van der Waals surface area contributed by atoms with Crippen molar-refractivity contribution in [1.82, 2.24) is 10.3 Å². The van der Waals surface area contributed by atoms with Gasteiger partial charge in [-0.3, -0.25) is 15.1 Å². The van der Waals surface area contributed by atoms with Crippen LogP contribution in [0, 0.1) is 11.3 Å². The molecule has 2 aliphatic rings. The number of nitrogens with one attached hydrogen (secondary N) is 2. The van der Waals surface area contributed by atoms with Crippen LogP contribution in [0.15, 0.2) is 35.3 Å². The molecule has 0 bridgehead atoms. The lowest BCUT2D eigenvalue weighted by molar-refractivity contribution is 0.0995. The summed E-state index contributed by atoms with van der Waals surface area (Å²) in [4.78, 5) is 22.7. The predicted molar refractivity (Wildman–Crippen MR) is 124 cm³/mol. The minimum Gasteiger partial charge on any atom is -0.497 e. The summed E-state index contributed by atoms with van der Waals surface area (Å²) in [5.41, 5.74) is 8.80. The number of hydrogen-bond acceptors (Lipinski definition) is 6. The molecule has 9 heteroatoms. The first-order valence-corrected chi connectivity index (χ1v) is 10.6. The maximum atomic E-state index is 12.9. The number of carbonyl (C=O) groups excluding carboxylic acids is 1. The number of aliphatic imine (C=N–C) groups is 1. The summed E-state index contributed by atoms with van der Waals surface area (Å²) in [6.07, 6.45) is 4.62. The van der Waals surface area contributed by atoms with Gasteiger partial charge in [0, 0.05) is 18.7 Å². The molecule has 32 heavy (non-hydrogen) atoms. The van der Waals surface area contributed by atoms with Gasteiger partial charge in [0.1, 0.15) is 23.6 Å². The van der Waals surface area contributed by atoms with Crippen LogP contribution in [0.5, 0.6) is 5.75 Å². The summed E-state index contributed by atoms with van der Waals surface area (Å²) in [7, 11) is 3.44. The molecule has 1 amide bonds. The monoisotopic (exact) mass is 438 g/mol. The maximum Gasteiger partial charge on any atom is 0.260 e. The molecular weight excluding hydrogens is 408 g/mol. The standard InChI is InChI=1S/C18H20N6O2.C5H10O/c1-21-8-11-6-12(26-2)7-13-14(11)9-24(18(13)25)16-5-3-4-15(23-16)17(20)22-10-19;6-4-3-5-1-2-5/h3-7,10,21H,8-9H2,1-2H3,(H3,19,20,22);5-6H,1-4H2. The van der Waals surface area contributed by atoms with Gasteiger partial charge in [0.25, 0.3) is 5.91 Å². The molecule has 0 radical (unpaired) electrons. The van der Waals surface area contributed by atoms with Crippen molar-refractivity contribution in [2.45, 2.75) is 32.4 Å². The lowest BCUT2D eigenvalue weighted by Crippen LogP contribution is -2.25. The molecule has 1 aliphatic heterocycles. The van der Waals surface area contributed by atoms with Gasteiger partial charge in [-0.25, -0.2) is 9.98 Å². The zero-order valence-electron chi connectivity index (χ0n) is 18.5. The number of ether oxygens (including phenoxy) is 1. The Morgan fingerprint density at radius 2 is 2.22 bits per heavy atom. The third-order valence-electron chi connectivity index (χ3n) is 5.42. The molecule has 5 N–H and O–H groups in total. The van der Waals surface area contributed by atoms with Crippen molar-refractivity contribution >= 4 is 23.9 Å². The number of aliphatic hydroxyl groups excluding tert-OH is 1. The van der Waals surface area contributed by atoms with Crippen molar-refractivity contribution in [2.24, 2.45) is 16.6 Å². The van der Waals surface area contributed by atoms with Crippen LogP contribution >= 0.6 is 0 Å². The van der Waals surface area contributed by atoms with Crippen molar-refractivity contribution in [3.8, 4) is 5.75 Å². The summed E-state index contributed by atoms with van der Waals surface area (Å²) in [5, 5.41) is 18.4. The summed E-state index contributed by atoms with van der Waals surface area (Å²) >= 11 is 0. The molecule has 1 aromatic heterocycles. The van der Waals surface area contributed by atoms with Crippen LogP contribution in [0.2, 0.25) is 0 Å². The highest BCUT2D eigenvalue weighted by molar-refractivity contribution is 6.10. The number of carbonyl (C=O) groups is 1. The Hall–Kier alpha value is -3.30. The minimum atomic E-state index is -0.136. The Morgan fingerprint density at radius 1 is 1.44 bits per heavy atom. The highest BCUT2D eigenvalue weighted by Crippen LogP contribution is 2.33. The van der Waals surface area contributed by atoms with Crippen LogP contribution in [0.4, 0.5) is 5.82 Å². The zero-order valence-corrected chi connectivity index (χ0v) is 18.5. The smallest absolute Gasteiger partial charge is 0.260 e. The summed E-state index contributed by atoms with van der Waals surface area (Å²) in [6, 6.07) is 8.89. The summed E-state index contributed by atoms with van der Waals surface area (Å²) in [5.74, 6) is 2.02. The lowest BCUT2D eigenvalue weighted by Gasteiger charge is -2.15. The number of anilines is 1. The Morgan fingerprint density at radius 3 is 2.81 bits per heavy atom. The third kappa shape index (κ3) is 5.49. The van der Waals surface area contributed by atoms with Crippen molar-refractivity contribution in [3.63, 3.8) is 0 Å². The van der Waals surface area contributed by atoms with E-state index in [1.54, 1.807) is 36.3 Å². The van der Waals surface area contributed by atoms with Crippen molar-refractivity contribution in [3.05, 3.63) is 52.7 Å². The molecular formula is C23H30N6O3. The average Bonchev–Trinajstić information content (AvgIpc) is 3.56. The van der Waals surface area contributed by atoms with Gasteiger partial charge in [-0.1, -0.05) is 18.9 Å². The quantitative estimate of drug-likeness (QED) is 0.368. The van der Waals surface area contributed by atoms with Crippen LogP contribution in [0.1, 0.15) is 46.4 Å². The average molecular weight is 439 g/mol. The van der Waals surface area contributed by atoms with Crippen LogP contribution in [0.25, 0.3) is 0 Å². The van der Waals surface area contributed by atoms with Gasteiger partial charge >= 0.3 is 0 Å². The number of fused-ring (bicyclic) bond motifs is 1. The lowest BCUT2D eigenvalue weighted by atomic mass is 10.0. The fourth-order valence-corrected chi connectivity index (χ4v) is 3.55. The minimum absolute atomic E-state index is 0.128. The maximum absolute atomic E-state index is 12.9. The molecule has 0 atom stereocenters. The SMILES string of the molecule is CNCc1cc(OC)cc2c1CN(c1cccc(C(N)=NC=N)n1)C2=O.OCCC1CC1. The van der Waals surface area contributed by atoms with E-state index < -0.39 is 0 Å². The molecule has 2 heterocycles. The number of benzene rings is 1. The van der Waals surface area contributed by atoms with Crippen molar-refractivity contribution < 1.29 is 14.6 Å². The highest BCUT2D eigenvalue weighted by Gasteiger charge is 2.32. The Balaban J connectivity index is 0.000000416. The molecule has 0 unspecified atom stereocenters. The van der Waals surface area contributed by atoms with Gasteiger partial charge in [0.2, 0.25) is 0 Å². The van der Waals surface area contributed by atoms with Gasteiger partial charge in [-0.05, 0) is 54.8 Å². The number of amides is 1. The number of aliphatic hydroxyl groups is 1.